The lowest BCUT2D eigenvalue weighted by molar-refractivity contribution is -0.145. The largest absolute Gasteiger partial charge is 0.353 e. The lowest BCUT2D eigenvalue weighted by Gasteiger charge is -2.32. The Kier molecular flexibility index (Phi) is 10.4. The van der Waals surface area contributed by atoms with Crippen molar-refractivity contribution >= 4 is 29.9 Å². The number of aryl methyl sites for hydroxylation is 2. The van der Waals surface area contributed by atoms with E-state index in [2.05, 4.69) is 20.8 Å². The zero-order valence-corrected chi connectivity index (χ0v) is 23.5. The Morgan fingerprint density at radius 2 is 1.85 bits per heavy atom. The Bertz CT molecular complexity index is 1300. The van der Waals surface area contributed by atoms with E-state index in [-0.39, 0.29) is 43.1 Å². The van der Waals surface area contributed by atoms with Gasteiger partial charge in [-0.2, -0.15) is 4.98 Å². The summed E-state index contributed by atoms with van der Waals surface area (Å²) in [7, 11) is 1.70. The van der Waals surface area contributed by atoms with Gasteiger partial charge < -0.3 is 20.1 Å². The quantitative estimate of drug-likeness (QED) is 0.345. The normalized spacial score (nSPS) is 12.5. The highest BCUT2D eigenvalue weighted by atomic mass is 35.5. The number of hydrogen-bond acceptors (Lipinski definition) is 8. The molecule has 0 saturated heterocycles. The minimum atomic E-state index is -0.293. The van der Waals surface area contributed by atoms with Crippen molar-refractivity contribution in [2.75, 3.05) is 44.7 Å². The third-order valence-electron chi connectivity index (χ3n) is 6.53. The minimum Gasteiger partial charge on any atom is -0.353 e. The summed E-state index contributed by atoms with van der Waals surface area (Å²) in [4.78, 5) is 32.4. The van der Waals surface area contributed by atoms with E-state index in [1.165, 1.54) is 12.1 Å². The average Bonchev–Trinajstić information content (AvgIpc) is 3.52. The summed E-state index contributed by atoms with van der Waals surface area (Å²) in [6, 6.07) is 10.3. The van der Waals surface area contributed by atoms with E-state index in [0.717, 1.165) is 34.5 Å². The summed E-state index contributed by atoms with van der Waals surface area (Å²) in [5.41, 5.74) is 4.19. The van der Waals surface area contributed by atoms with Gasteiger partial charge in [-0.15, -0.1) is 12.4 Å². The predicted molar refractivity (Wildman–Crippen MR) is 149 cm³/mol. The second-order valence-corrected chi connectivity index (χ2v) is 9.35. The number of amides is 2. The topological polar surface area (TPSA) is 107 Å². The summed E-state index contributed by atoms with van der Waals surface area (Å²) in [6.07, 6.45) is 0. The number of aromatic nitrogens is 2. The Morgan fingerprint density at radius 1 is 1.08 bits per heavy atom. The van der Waals surface area contributed by atoms with Crippen LogP contribution in [0.3, 0.4) is 0 Å². The average molecular weight is 560 g/mol. The van der Waals surface area contributed by atoms with Crippen LogP contribution in [0.2, 0.25) is 0 Å². The van der Waals surface area contributed by atoms with Gasteiger partial charge in [0.2, 0.25) is 17.6 Å². The first-order valence-corrected chi connectivity index (χ1v) is 12.7. The maximum Gasteiger partial charge on any atom is 0.256 e. The molecule has 0 unspecified atom stereocenters. The lowest BCUT2D eigenvalue weighted by atomic mass is 10.1. The number of rotatable bonds is 11. The van der Waals surface area contributed by atoms with Crippen molar-refractivity contribution in [1.82, 2.24) is 30.8 Å². The van der Waals surface area contributed by atoms with Gasteiger partial charge in [0.25, 0.3) is 5.91 Å². The summed E-state index contributed by atoms with van der Waals surface area (Å²) in [5, 5.41) is 13.5. The number of nitrogens with one attached hydrogen (secondary N) is 2. The third kappa shape index (κ3) is 7.53. The number of likely N-dealkylation sites (N-methyl/N-ethyl adjacent to an activating group) is 2. The van der Waals surface area contributed by atoms with Crippen LogP contribution >= 0.6 is 12.4 Å². The van der Waals surface area contributed by atoms with Crippen molar-refractivity contribution in [2.24, 2.45) is 0 Å². The highest BCUT2D eigenvalue weighted by molar-refractivity contribution is 5.87. The number of halogens is 2. The van der Waals surface area contributed by atoms with Crippen LogP contribution in [0.4, 0.5) is 10.1 Å². The molecule has 2 heterocycles. The van der Waals surface area contributed by atoms with Gasteiger partial charge in [-0.05, 0) is 48.4 Å². The minimum absolute atomic E-state index is 0. The molecular weight excluding hydrogens is 525 g/mol. The molecule has 0 spiro atoms. The van der Waals surface area contributed by atoms with Crippen LogP contribution < -0.4 is 15.5 Å². The molecule has 0 bridgehead atoms. The van der Waals surface area contributed by atoms with Crippen LogP contribution in [0.1, 0.15) is 29.5 Å². The molecular formula is C27H35ClFN7O3. The second kappa shape index (κ2) is 13.5. The van der Waals surface area contributed by atoms with Crippen molar-refractivity contribution in [2.45, 2.75) is 33.9 Å². The Labute approximate surface area is 233 Å². The van der Waals surface area contributed by atoms with Crippen LogP contribution in [0.25, 0.3) is 11.4 Å². The lowest BCUT2D eigenvalue weighted by Crippen LogP contribution is -2.48. The molecule has 39 heavy (non-hydrogen) atoms. The fraction of sp³-hybridized carbons (Fsp3) is 0.407. The number of carbonyl (C=O) groups excluding carboxylic acids is 2. The molecule has 4 rings (SSSR count). The van der Waals surface area contributed by atoms with Gasteiger partial charge >= 0.3 is 0 Å². The Hall–Kier alpha value is -3.54. The van der Waals surface area contributed by atoms with Gasteiger partial charge in [0.15, 0.2) is 0 Å². The predicted octanol–water partition coefficient (Wildman–Crippen LogP) is 2.84. The maximum atomic E-state index is 13.7. The summed E-state index contributed by atoms with van der Waals surface area (Å²) in [6.45, 7) is 8.51. The molecule has 12 heteroatoms. The Morgan fingerprint density at radius 3 is 2.56 bits per heavy atom. The SMILES string of the molecule is CCNCCNC(=O)CN(CC(=O)N(C)N1Cc2ccc(F)cc2C1)c1cc(-c2noc(C)n2)ccc1C.Cl. The summed E-state index contributed by atoms with van der Waals surface area (Å²) < 4.78 is 18.8. The highest BCUT2D eigenvalue weighted by Gasteiger charge is 2.27. The molecule has 2 aromatic carbocycles. The van der Waals surface area contributed by atoms with E-state index in [1.807, 2.05) is 37.1 Å². The fourth-order valence-electron chi connectivity index (χ4n) is 4.41. The van der Waals surface area contributed by atoms with Gasteiger partial charge in [-0.25, -0.2) is 9.40 Å². The van der Waals surface area contributed by atoms with Crippen LogP contribution in [0, 0.1) is 19.7 Å². The number of carbonyl (C=O) groups is 2. The molecule has 0 fully saturated rings. The molecule has 0 saturated carbocycles. The first kappa shape index (κ1) is 30.0. The molecule has 3 aromatic rings. The van der Waals surface area contributed by atoms with E-state index in [0.29, 0.717) is 37.9 Å². The van der Waals surface area contributed by atoms with Crippen molar-refractivity contribution in [3.8, 4) is 11.4 Å². The van der Waals surface area contributed by atoms with Gasteiger partial charge in [0, 0.05) is 51.4 Å². The zero-order chi connectivity index (χ0) is 27.2. The first-order valence-electron chi connectivity index (χ1n) is 12.7. The second-order valence-electron chi connectivity index (χ2n) is 9.35. The van der Waals surface area contributed by atoms with Crippen molar-refractivity contribution < 1.29 is 18.5 Å². The van der Waals surface area contributed by atoms with E-state index >= 15 is 0 Å². The van der Waals surface area contributed by atoms with Gasteiger partial charge in [0.05, 0.1) is 13.1 Å². The zero-order valence-electron chi connectivity index (χ0n) is 22.7. The van der Waals surface area contributed by atoms with Crippen LogP contribution in [-0.4, -0.2) is 71.7 Å². The van der Waals surface area contributed by atoms with Crippen LogP contribution in [0.15, 0.2) is 40.9 Å². The van der Waals surface area contributed by atoms with E-state index in [1.54, 1.807) is 29.9 Å². The number of anilines is 1. The van der Waals surface area contributed by atoms with Crippen molar-refractivity contribution in [3.05, 3.63) is 64.8 Å². The molecule has 0 atom stereocenters. The van der Waals surface area contributed by atoms with E-state index < -0.39 is 0 Å². The molecule has 2 N–H and O–H groups in total. The number of fused-ring (bicyclic) bond motifs is 1. The number of nitrogens with zero attached hydrogens (tertiary/aromatic N) is 5. The molecule has 1 aromatic heterocycles. The molecule has 2 amide bonds. The fourth-order valence-corrected chi connectivity index (χ4v) is 4.41. The Balaban J connectivity index is 0.00000420. The van der Waals surface area contributed by atoms with Gasteiger partial charge in [-0.1, -0.05) is 30.3 Å². The smallest absolute Gasteiger partial charge is 0.256 e. The standard InChI is InChI=1S/C27H34FN7O3.ClH/c1-5-29-10-11-30-25(36)16-34(24-13-20(7-6-18(24)2)27-31-19(3)38-32-27)17-26(37)33(4)35-14-21-8-9-23(28)12-22(21)15-35;/h6-9,12-13,29H,5,10-11,14-17H2,1-4H3,(H,30,36);1H. The van der Waals surface area contributed by atoms with Crippen molar-refractivity contribution in [1.29, 1.82) is 0 Å². The van der Waals surface area contributed by atoms with Gasteiger partial charge in [0.1, 0.15) is 5.82 Å². The van der Waals surface area contributed by atoms with E-state index in [4.69, 9.17) is 4.52 Å². The van der Waals surface area contributed by atoms with Crippen LogP contribution in [0.5, 0.6) is 0 Å². The summed E-state index contributed by atoms with van der Waals surface area (Å²) in [5.74, 6) is 0.200. The maximum absolute atomic E-state index is 13.7. The number of benzene rings is 2. The molecule has 1 aliphatic rings. The van der Waals surface area contributed by atoms with Gasteiger partial charge in [-0.3, -0.25) is 14.6 Å². The molecule has 10 nitrogen and oxygen atoms in total. The number of hydrazine groups is 1. The van der Waals surface area contributed by atoms with E-state index in [9.17, 15) is 14.0 Å². The molecule has 210 valence electrons. The third-order valence-corrected chi connectivity index (χ3v) is 6.53. The molecule has 0 radical (unpaired) electrons. The monoisotopic (exact) mass is 559 g/mol. The molecule has 1 aliphatic heterocycles. The summed E-state index contributed by atoms with van der Waals surface area (Å²) >= 11 is 0. The van der Waals surface area contributed by atoms with Crippen molar-refractivity contribution in [3.63, 3.8) is 0 Å². The molecule has 0 aliphatic carbocycles. The first-order chi connectivity index (χ1) is 18.2. The highest BCUT2D eigenvalue weighted by Crippen LogP contribution is 2.28. The number of hydrogen-bond donors (Lipinski definition) is 2. The van der Waals surface area contributed by atoms with Crippen LogP contribution in [-0.2, 0) is 22.7 Å².